The Balaban J connectivity index is 1.80. The first-order valence-electron chi connectivity index (χ1n) is 5.97. The highest BCUT2D eigenvalue weighted by atomic mass is 32.2. The van der Waals surface area contributed by atoms with Gasteiger partial charge in [-0.3, -0.25) is 4.79 Å². The lowest BCUT2D eigenvalue weighted by Crippen LogP contribution is -2.36. The first kappa shape index (κ1) is 12.5. The molecule has 1 aliphatic rings. The number of hydrogen-bond donors (Lipinski definition) is 2. The third-order valence-corrected chi connectivity index (χ3v) is 4.32. The van der Waals surface area contributed by atoms with Gasteiger partial charge in [0.15, 0.2) is 0 Å². The molecular formula is C13H18N2OS. The number of hydrogen-bond acceptors (Lipinski definition) is 3. The highest BCUT2D eigenvalue weighted by Gasteiger charge is 2.23. The molecule has 0 radical (unpaired) electrons. The van der Waals surface area contributed by atoms with Crippen molar-refractivity contribution in [1.82, 2.24) is 5.32 Å². The summed E-state index contributed by atoms with van der Waals surface area (Å²) in [7, 11) is 0. The molecule has 1 amide bonds. The van der Waals surface area contributed by atoms with Gasteiger partial charge in [0, 0.05) is 12.6 Å². The molecule has 1 heterocycles. The van der Waals surface area contributed by atoms with Crippen LogP contribution in [0.2, 0.25) is 0 Å². The van der Waals surface area contributed by atoms with E-state index in [-0.39, 0.29) is 17.2 Å². The van der Waals surface area contributed by atoms with Gasteiger partial charge >= 0.3 is 0 Å². The van der Waals surface area contributed by atoms with Gasteiger partial charge in [-0.25, -0.2) is 0 Å². The maximum atomic E-state index is 11.8. The third-order valence-electron chi connectivity index (χ3n) is 2.95. The average molecular weight is 250 g/mol. The van der Waals surface area contributed by atoms with Gasteiger partial charge in [0.05, 0.1) is 5.25 Å². The summed E-state index contributed by atoms with van der Waals surface area (Å²) in [6, 6.07) is 9.74. The molecule has 0 aliphatic carbocycles. The zero-order chi connectivity index (χ0) is 12.1. The summed E-state index contributed by atoms with van der Waals surface area (Å²) < 4.78 is 0. The summed E-state index contributed by atoms with van der Waals surface area (Å²) in [5, 5.41) is 3.08. The lowest BCUT2D eigenvalue weighted by Gasteiger charge is -2.15. The molecule has 3 N–H and O–H groups in total. The van der Waals surface area contributed by atoms with Gasteiger partial charge in [-0.05, 0) is 24.2 Å². The van der Waals surface area contributed by atoms with Crippen molar-refractivity contribution in [2.75, 3.05) is 12.3 Å². The Morgan fingerprint density at radius 2 is 2.24 bits per heavy atom. The van der Waals surface area contributed by atoms with Crippen LogP contribution in [0.1, 0.15) is 24.4 Å². The molecule has 4 heteroatoms. The van der Waals surface area contributed by atoms with Crippen molar-refractivity contribution in [1.29, 1.82) is 0 Å². The van der Waals surface area contributed by atoms with Crippen LogP contribution in [0, 0.1) is 0 Å². The Morgan fingerprint density at radius 1 is 1.47 bits per heavy atom. The number of nitrogens with two attached hydrogens (primary N) is 1. The number of amides is 1. The second-order valence-corrected chi connectivity index (χ2v) is 5.57. The minimum Gasteiger partial charge on any atom is -0.353 e. The van der Waals surface area contributed by atoms with Gasteiger partial charge in [-0.15, -0.1) is 11.8 Å². The zero-order valence-electron chi connectivity index (χ0n) is 9.76. The van der Waals surface area contributed by atoms with Crippen LogP contribution in [0.5, 0.6) is 0 Å². The molecule has 0 saturated carbocycles. The van der Waals surface area contributed by atoms with Gasteiger partial charge in [0.25, 0.3) is 0 Å². The molecule has 1 saturated heterocycles. The Kier molecular flexibility index (Phi) is 4.45. The summed E-state index contributed by atoms with van der Waals surface area (Å²) >= 11 is 1.75. The van der Waals surface area contributed by atoms with Crippen molar-refractivity contribution in [2.24, 2.45) is 5.73 Å². The largest absolute Gasteiger partial charge is 0.353 e. The van der Waals surface area contributed by atoms with Crippen molar-refractivity contribution in [3.05, 3.63) is 35.9 Å². The monoisotopic (exact) mass is 250 g/mol. The normalized spacial score (nSPS) is 21.1. The Bertz CT molecular complexity index is 363. The summed E-state index contributed by atoms with van der Waals surface area (Å²) in [6.45, 7) is 0.514. The van der Waals surface area contributed by atoms with Crippen LogP contribution in [-0.2, 0) is 4.79 Å². The molecule has 1 aliphatic heterocycles. The molecule has 2 unspecified atom stereocenters. The van der Waals surface area contributed by atoms with E-state index in [0.717, 1.165) is 24.2 Å². The Labute approximate surface area is 106 Å². The predicted molar refractivity (Wildman–Crippen MR) is 71.9 cm³/mol. The summed E-state index contributed by atoms with van der Waals surface area (Å²) in [4.78, 5) is 11.8. The van der Waals surface area contributed by atoms with E-state index < -0.39 is 0 Å². The van der Waals surface area contributed by atoms with Crippen molar-refractivity contribution in [3.8, 4) is 0 Å². The second kappa shape index (κ2) is 6.07. The fourth-order valence-electron chi connectivity index (χ4n) is 1.93. The van der Waals surface area contributed by atoms with E-state index in [1.54, 1.807) is 11.8 Å². The molecule has 0 bridgehead atoms. The van der Waals surface area contributed by atoms with E-state index in [4.69, 9.17) is 5.73 Å². The lowest BCUT2D eigenvalue weighted by molar-refractivity contribution is -0.120. The van der Waals surface area contributed by atoms with Crippen LogP contribution in [-0.4, -0.2) is 23.5 Å². The van der Waals surface area contributed by atoms with Crippen molar-refractivity contribution >= 4 is 17.7 Å². The van der Waals surface area contributed by atoms with Crippen LogP contribution >= 0.6 is 11.8 Å². The first-order chi connectivity index (χ1) is 8.27. The van der Waals surface area contributed by atoms with Crippen LogP contribution in [0.15, 0.2) is 30.3 Å². The molecule has 1 aromatic carbocycles. The zero-order valence-corrected chi connectivity index (χ0v) is 10.6. The van der Waals surface area contributed by atoms with Gasteiger partial charge in [0.1, 0.15) is 0 Å². The van der Waals surface area contributed by atoms with E-state index in [2.05, 4.69) is 5.32 Å². The molecule has 3 nitrogen and oxygen atoms in total. The number of carbonyl (C=O) groups is 1. The van der Waals surface area contributed by atoms with Gasteiger partial charge in [-0.2, -0.15) is 0 Å². The molecule has 0 aromatic heterocycles. The van der Waals surface area contributed by atoms with E-state index in [1.165, 1.54) is 0 Å². The summed E-state index contributed by atoms with van der Waals surface area (Å²) in [5.74, 6) is 1.24. The number of benzene rings is 1. The van der Waals surface area contributed by atoms with Crippen molar-refractivity contribution in [2.45, 2.75) is 24.1 Å². The molecule has 2 rings (SSSR count). The minimum absolute atomic E-state index is 0.119. The molecule has 1 aromatic rings. The van der Waals surface area contributed by atoms with Gasteiger partial charge in [0.2, 0.25) is 5.91 Å². The number of carbonyl (C=O) groups excluding carboxylic acids is 1. The quantitative estimate of drug-likeness (QED) is 0.855. The average Bonchev–Trinajstić information content (AvgIpc) is 2.90. The van der Waals surface area contributed by atoms with Crippen LogP contribution in [0.4, 0.5) is 0 Å². The SMILES string of the molecule is NC(CNC(=O)C1CCCS1)c1ccccc1. The highest BCUT2D eigenvalue weighted by molar-refractivity contribution is 8.00. The van der Waals surface area contributed by atoms with E-state index in [0.29, 0.717) is 6.54 Å². The van der Waals surface area contributed by atoms with Crippen LogP contribution in [0.3, 0.4) is 0 Å². The second-order valence-electron chi connectivity index (χ2n) is 4.26. The highest BCUT2D eigenvalue weighted by Crippen LogP contribution is 2.26. The molecule has 17 heavy (non-hydrogen) atoms. The van der Waals surface area contributed by atoms with Crippen molar-refractivity contribution < 1.29 is 4.79 Å². The fourth-order valence-corrected chi connectivity index (χ4v) is 3.11. The molecule has 1 fully saturated rings. The number of rotatable bonds is 4. The maximum absolute atomic E-state index is 11.8. The molecule has 2 atom stereocenters. The Hall–Kier alpha value is -1.00. The fraction of sp³-hybridized carbons (Fsp3) is 0.462. The maximum Gasteiger partial charge on any atom is 0.233 e. The first-order valence-corrected chi connectivity index (χ1v) is 7.02. The smallest absolute Gasteiger partial charge is 0.233 e. The lowest BCUT2D eigenvalue weighted by atomic mass is 10.1. The van der Waals surface area contributed by atoms with Crippen LogP contribution < -0.4 is 11.1 Å². The van der Waals surface area contributed by atoms with E-state index in [9.17, 15) is 4.79 Å². The molecule has 0 spiro atoms. The number of nitrogens with one attached hydrogen (secondary N) is 1. The summed E-state index contributed by atoms with van der Waals surface area (Å²) in [5.41, 5.74) is 7.08. The van der Waals surface area contributed by atoms with Gasteiger partial charge < -0.3 is 11.1 Å². The number of thioether (sulfide) groups is 1. The van der Waals surface area contributed by atoms with Crippen LogP contribution in [0.25, 0.3) is 0 Å². The molecular weight excluding hydrogens is 232 g/mol. The standard InChI is InChI=1S/C13H18N2OS/c14-11(10-5-2-1-3-6-10)9-15-13(16)12-7-4-8-17-12/h1-3,5-6,11-12H,4,7-9,14H2,(H,15,16). The molecule has 92 valence electrons. The van der Waals surface area contributed by atoms with E-state index >= 15 is 0 Å². The minimum atomic E-state index is -0.119. The van der Waals surface area contributed by atoms with Gasteiger partial charge in [-0.1, -0.05) is 30.3 Å². The van der Waals surface area contributed by atoms with Crippen molar-refractivity contribution in [3.63, 3.8) is 0 Å². The summed E-state index contributed by atoms with van der Waals surface area (Å²) in [6.07, 6.45) is 2.14. The van der Waals surface area contributed by atoms with E-state index in [1.807, 2.05) is 30.3 Å². The topological polar surface area (TPSA) is 55.1 Å². The Morgan fingerprint density at radius 3 is 2.88 bits per heavy atom. The predicted octanol–water partition coefficient (Wildman–Crippen LogP) is 1.70. The third kappa shape index (κ3) is 3.48.